The Morgan fingerprint density at radius 1 is 1.14 bits per heavy atom. The van der Waals surface area contributed by atoms with Crippen molar-refractivity contribution < 1.29 is 10.4 Å². The van der Waals surface area contributed by atoms with Crippen LogP contribution < -0.4 is 16.6 Å². The Hall–Kier alpha value is -3.12. The highest BCUT2D eigenvalue weighted by Crippen LogP contribution is 2.28. The number of hydrogen-bond donors (Lipinski definition) is 3. The number of hydrogen-bond acceptors (Lipinski definition) is 3. The number of aryl methyl sites for hydroxylation is 1. The van der Waals surface area contributed by atoms with Crippen LogP contribution in [0.25, 0.3) is 5.69 Å². The van der Waals surface area contributed by atoms with Crippen LogP contribution in [0.5, 0.6) is 5.88 Å². The van der Waals surface area contributed by atoms with Crippen LogP contribution in [-0.4, -0.2) is 21.2 Å². The zero-order valence-corrected chi connectivity index (χ0v) is 16.5. The van der Waals surface area contributed by atoms with Gasteiger partial charge in [0.25, 0.3) is 5.56 Å². The first-order valence-electron chi connectivity index (χ1n) is 10.2. The molecule has 1 aliphatic rings. The Labute approximate surface area is 168 Å². The lowest BCUT2D eigenvalue weighted by atomic mass is 9.90. The Morgan fingerprint density at radius 2 is 1.90 bits per heavy atom. The van der Waals surface area contributed by atoms with Gasteiger partial charge in [-0.2, -0.15) is 0 Å². The van der Waals surface area contributed by atoms with Crippen LogP contribution in [0, 0.1) is 0 Å². The summed E-state index contributed by atoms with van der Waals surface area (Å²) in [5, 5.41) is 13.1. The van der Waals surface area contributed by atoms with Gasteiger partial charge in [0, 0.05) is 12.0 Å². The Kier molecular flexibility index (Phi) is 5.36. The summed E-state index contributed by atoms with van der Waals surface area (Å²) in [6.07, 6.45) is 4.10. The molecule has 0 saturated heterocycles. The quantitative estimate of drug-likeness (QED) is 0.618. The van der Waals surface area contributed by atoms with E-state index in [1.807, 2.05) is 53.8 Å². The molecule has 6 nitrogen and oxygen atoms in total. The van der Waals surface area contributed by atoms with Gasteiger partial charge in [-0.15, -0.1) is 0 Å². The third-order valence-corrected chi connectivity index (χ3v) is 5.65. The molecule has 3 aromatic rings. The first-order chi connectivity index (χ1) is 14.1. The van der Waals surface area contributed by atoms with E-state index < -0.39 is 11.2 Å². The lowest BCUT2D eigenvalue weighted by molar-refractivity contribution is -0.690. The average molecular weight is 392 g/mol. The molecule has 0 bridgehead atoms. The summed E-state index contributed by atoms with van der Waals surface area (Å²) in [4.78, 5) is 27.6. The van der Waals surface area contributed by atoms with E-state index >= 15 is 0 Å². The van der Waals surface area contributed by atoms with Crippen molar-refractivity contribution in [3.05, 3.63) is 91.6 Å². The number of quaternary nitrogens is 1. The molecule has 4 N–H and O–H groups in total. The fraction of sp³-hybridized carbons (Fsp3) is 0.304. The highest BCUT2D eigenvalue weighted by molar-refractivity contribution is 5.44. The van der Waals surface area contributed by atoms with Crippen molar-refractivity contribution in [3.8, 4) is 11.6 Å². The zero-order chi connectivity index (χ0) is 20.4. The summed E-state index contributed by atoms with van der Waals surface area (Å²) < 4.78 is 1.19. The van der Waals surface area contributed by atoms with E-state index in [4.69, 9.17) is 0 Å². The Bertz CT molecular complexity index is 1130. The molecule has 1 atom stereocenters. The van der Waals surface area contributed by atoms with Crippen LogP contribution in [0.4, 0.5) is 0 Å². The second-order valence-electron chi connectivity index (χ2n) is 7.55. The zero-order valence-electron chi connectivity index (χ0n) is 16.5. The van der Waals surface area contributed by atoms with Crippen molar-refractivity contribution in [2.45, 2.75) is 38.6 Å². The Morgan fingerprint density at radius 3 is 2.66 bits per heavy atom. The number of benzene rings is 2. The van der Waals surface area contributed by atoms with Gasteiger partial charge < -0.3 is 10.4 Å². The predicted octanol–water partition coefficient (Wildman–Crippen LogP) is 1.78. The molecule has 29 heavy (non-hydrogen) atoms. The molecular weight excluding hydrogens is 366 g/mol. The van der Waals surface area contributed by atoms with E-state index in [0.29, 0.717) is 5.69 Å². The lowest BCUT2D eigenvalue weighted by Gasteiger charge is -2.24. The highest BCUT2D eigenvalue weighted by Gasteiger charge is 2.31. The Balaban J connectivity index is 1.81. The minimum Gasteiger partial charge on any atom is -0.494 e. The van der Waals surface area contributed by atoms with Gasteiger partial charge in [-0.1, -0.05) is 49.7 Å². The molecule has 0 saturated carbocycles. The maximum Gasteiger partial charge on any atom is 0.335 e. The number of H-pyrrole nitrogens is 1. The number of aromatic nitrogens is 2. The number of nitrogens with zero attached hydrogens (tertiary/aromatic N) is 1. The van der Waals surface area contributed by atoms with Crippen molar-refractivity contribution in [2.24, 2.45) is 0 Å². The minimum absolute atomic E-state index is 0.215. The van der Waals surface area contributed by atoms with Crippen molar-refractivity contribution in [2.75, 3.05) is 6.54 Å². The van der Waals surface area contributed by atoms with Gasteiger partial charge in [-0.3, -0.25) is 9.78 Å². The summed E-state index contributed by atoms with van der Waals surface area (Å²) in [6, 6.07) is 15.1. The van der Waals surface area contributed by atoms with Gasteiger partial charge in [0.2, 0.25) is 5.88 Å². The van der Waals surface area contributed by atoms with Crippen LogP contribution >= 0.6 is 0 Å². The van der Waals surface area contributed by atoms with Gasteiger partial charge in [0.05, 0.1) is 12.2 Å². The fourth-order valence-corrected chi connectivity index (χ4v) is 4.12. The van der Waals surface area contributed by atoms with Gasteiger partial charge >= 0.3 is 5.69 Å². The number of unbranched alkanes of at least 4 members (excludes halogenated alkanes) is 1. The van der Waals surface area contributed by atoms with Crippen molar-refractivity contribution in [3.63, 3.8) is 0 Å². The maximum atomic E-state index is 12.7. The molecule has 0 unspecified atom stereocenters. The number of nitrogens with one attached hydrogen (secondary N) is 1. The van der Waals surface area contributed by atoms with Gasteiger partial charge in [-0.05, 0) is 36.1 Å². The van der Waals surface area contributed by atoms with Crippen molar-refractivity contribution in [1.82, 2.24) is 9.55 Å². The molecule has 6 heteroatoms. The SMILES string of the molecule is CCCCc1ccc(-n2c(O)c([C@@H]3[NH2+]CCc4ccccc43)c(=O)[nH]c2=O)cc1. The van der Waals surface area contributed by atoms with Gasteiger partial charge in [0.1, 0.15) is 11.6 Å². The molecule has 150 valence electrons. The summed E-state index contributed by atoms with van der Waals surface area (Å²) >= 11 is 0. The number of aromatic hydroxyl groups is 1. The van der Waals surface area contributed by atoms with Crippen LogP contribution in [0.15, 0.2) is 58.1 Å². The van der Waals surface area contributed by atoms with Gasteiger partial charge in [-0.25, -0.2) is 9.36 Å². The highest BCUT2D eigenvalue weighted by atomic mass is 16.3. The second kappa shape index (κ2) is 8.09. The van der Waals surface area contributed by atoms with E-state index in [1.165, 1.54) is 10.1 Å². The minimum atomic E-state index is -0.637. The van der Waals surface area contributed by atoms with Gasteiger partial charge in [0.15, 0.2) is 0 Å². The largest absolute Gasteiger partial charge is 0.494 e. The first kappa shape index (κ1) is 19.2. The second-order valence-corrected chi connectivity index (χ2v) is 7.55. The van der Waals surface area contributed by atoms with E-state index in [2.05, 4.69) is 11.9 Å². The number of rotatable bonds is 5. The number of fused-ring (bicyclic) bond motifs is 1. The molecule has 0 fully saturated rings. The van der Waals surface area contributed by atoms with E-state index in [1.54, 1.807) is 0 Å². The summed E-state index contributed by atoms with van der Waals surface area (Å²) in [6.45, 7) is 2.96. The standard InChI is InChI=1S/C23H25N3O3/c1-2-3-6-15-9-11-17(12-10-15)26-22(28)19(21(27)25-23(26)29)20-18-8-5-4-7-16(18)13-14-24-20/h4-5,7-12,20,24,28H,2-3,6,13-14H2,1H3,(H,25,27,29)/p+1/t20-/m1/s1. The fourth-order valence-electron chi connectivity index (χ4n) is 4.12. The van der Waals surface area contributed by atoms with Crippen molar-refractivity contribution in [1.29, 1.82) is 0 Å². The van der Waals surface area contributed by atoms with Crippen LogP contribution in [0.3, 0.4) is 0 Å². The predicted molar refractivity (Wildman–Crippen MR) is 112 cm³/mol. The topological polar surface area (TPSA) is 91.7 Å². The van der Waals surface area contributed by atoms with E-state index in [0.717, 1.165) is 43.4 Å². The third kappa shape index (κ3) is 3.63. The first-order valence-corrected chi connectivity index (χ1v) is 10.2. The normalized spacial score (nSPS) is 15.8. The average Bonchev–Trinajstić information content (AvgIpc) is 2.73. The summed E-state index contributed by atoms with van der Waals surface area (Å²) in [5.74, 6) is -0.294. The molecule has 2 aromatic carbocycles. The molecule has 0 aliphatic carbocycles. The lowest BCUT2D eigenvalue weighted by Crippen LogP contribution is -2.87. The monoisotopic (exact) mass is 392 g/mol. The maximum absolute atomic E-state index is 12.7. The molecule has 0 radical (unpaired) electrons. The number of aromatic amines is 1. The van der Waals surface area contributed by atoms with Crippen LogP contribution in [-0.2, 0) is 12.8 Å². The van der Waals surface area contributed by atoms with Crippen LogP contribution in [0.1, 0.15) is 48.1 Å². The molecule has 4 rings (SSSR count). The summed E-state index contributed by atoms with van der Waals surface area (Å²) in [5.41, 5.74) is 2.92. The van der Waals surface area contributed by atoms with Crippen LogP contribution in [0.2, 0.25) is 0 Å². The summed E-state index contributed by atoms with van der Waals surface area (Å²) in [7, 11) is 0. The molecule has 0 amide bonds. The third-order valence-electron chi connectivity index (χ3n) is 5.65. The van der Waals surface area contributed by atoms with E-state index in [-0.39, 0.29) is 17.5 Å². The van der Waals surface area contributed by atoms with E-state index in [9.17, 15) is 14.7 Å². The molecule has 1 aliphatic heterocycles. The molecule has 1 aromatic heterocycles. The molecular formula is C23H26N3O3+. The molecule has 0 spiro atoms. The van der Waals surface area contributed by atoms with Crippen molar-refractivity contribution >= 4 is 0 Å². The smallest absolute Gasteiger partial charge is 0.335 e. The molecule has 2 heterocycles. The number of nitrogens with two attached hydrogens (primary N) is 1.